The molecular formula is C8H4ClF3N2. The monoisotopic (exact) mass is 220 g/mol. The van der Waals surface area contributed by atoms with Gasteiger partial charge < -0.3 is 0 Å². The first-order chi connectivity index (χ1) is 6.60. The summed E-state index contributed by atoms with van der Waals surface area (Å²) in [6.45, 7) is 0. The first-order valence-corrected chi connectivity index (χ1v) is 4.07. The van der Waals surface area contributed by atoms with Crippen LogP contribution in [0.15, 0.2) is 6.07 Å². The Morgan fingerprint density at radius 1 is 1.57 bits per heavy atom. The summed E-state index contributed by atoms with van der Waals surface area (Å²) in [6, 6.07) is 2.33. The Hall–Kier alpha value is -1.28. The molecule has 0 unspecified atom stereocenters. The summed E-state index contributed by atoms with van der Waals surface area (Å²) >= 11 is 5.28. The zero-order valence-electron chi connectivity index (χ0n) is 6.77. The molecule has 0 aliphatic carbocycles. The molecule has 1 rings (SSSR count). The van der Waals surface area contributed by atoms with Crippen molar-refractivity contribution in [2.24, 2.45) is 0 Å². The zero-order chi connectivity index (χ0) is 10.7. The highest BCUT2D eigenvalue weighted by atomic mass is 35.5. The molecule has 1 aromatic rings. The minimum Gasteiger partial charge on any atom is -0.209 e. The van der Waals surface area contributed by atoms with E-state index in [9.17, 15) is 13.2 Å². The maximum absolute atomic E-state index is 13.0. The number of nitriles is 1. The molecule has 6 heteroatoms. The Kier molecular flexibility index (Phi) is 3.31. The molecule has 0 amide bonds. The number of pyridine rings is 1. The van der Waals surface area contributed by atoms with Gasteiger partial charge in [0.2, 0.25) is 5.95 Å². The van der Waals surface area contributed by atoms with Crippen LogP contribution in [0.2, 0.25) is 0 Å². The number of hydrogen-bond acceptors (Lipinski definition) is 2. The average molecular weight is 221 g/mol. The molecule has 74 valence electrons. The summed E-state index contributed by atoms with van der Waals surface area (Å²) in [5, 5.41) is 8.37. The van der Waals surface area contributed by atoms with Crippen molar-refractivity contribution in [3.8, 4) is 6.07 Å². The first-order valence-electron chi connectivity index (χ1n) is 3.53. The second-order valence-corrected chi connectivity index (χ2v) is 2.68. The number of nitrogens with zero attached hydrogens (tertiary/aromatic N) is 2. The number of rotatable bonds is 2. The highest BCUT2D eigenvalue weighted by Gasteiger charge is 2.18. The van der Waals surface area contributed by atoms with Crippen LogP contribution in [0.4, 0.5) is 13.2 Å². The van der Waals surface area contributed by atoms with Crippen LogP contribution < -0.4 is 0 Å². The van der Waals surface area contributed by atoms with Crippen LogP contribution in [-0.2, 0) is 5.88 Å². The molecule has 0 spiro atoms. The maximum Gasteiger partial charge on any atom is 0.264 e. The molecule has 0 saturated carbocycles. The smallest absolute Gasteiger partial charge is 0.209 e. The van der Waals surface area contributed by atoms with Crippen LogP contribution in [0.1, 0.15) is 23.2 Å². The first kappa shape index (κ1) is 10.8. The summed E-state index contributed by atoms with van der Waals surface area (Å²) < 4.78 is 37.7. The van der Waals surface area contributed by atoms with E-state index in [1.54, 1.807) is 0 Å². The predicted molar refractivity (Wildman–Crippen MR) is 43.4 cm³/mol. The van der Waals surface area contributed by atoms with E-state index in [1.165, 1.54) is 6.07 Å². The Morgan fingerprint density at radius 2 is 2.21 bits per heavy atom. The summed E-state index contributed by atoms with van der Waals surface area (Å²) in [4.78, 5) is 3.16. The van der Waals surface area contributed by atoms with Crippen molar-refractivity contribution in [2.45, 2.75) is 12.3 Å². The molecule has 0 fully saturated rings. The van der Waals surface area contributed by atoms with E-state index in [0.29, 0.717) is 0 Å². The number of aromatic nitrogens is 1. The van der Waals surface area contributed by atoms with Gasteiger partial charge in [-0.15, -0.1) is 11.6 Å². The molecule has 0 N–H and O–H groups in total. The lowest BCUT2D eigenvalue weighted by Gasteiger charge is -2.06. The fourth-order valence-electron chi connectivity index (χ4n) is 0.943. The van der Waals surface area contributed by atoms with Gasteiger partial charge in [-0.05, 0) is 6.07 Å². The minimum absolute atomic E-state index is 0.360. The van der Waals surface area contributed by atoms with Gasteiger partial charge in [-0.25, -0.2) is 13.8 Å². The van der Waals surface area contributed by atoms with Gasteiger partial charge in [0.15, 0.2) is 0 Å². The molecule has 1 aromatic heterocycles. The normalized spacial score (nSPS) is 10.3. The highest BCUT2D eigenvalue weighted by Crippen LogP contribution is 2.26. The summed E-state index contributed by atoms with van der Waals surface area (Å²) in [7, 11) is 0. The fraction of sp³-hybridized carbons (Fsp3) is 0.250. The third-order valence-electron chi connectivity index (χ3n) is 1.59. The van der Waals surface area contributed by atoms with Gasteiger partial charge in [-0.2, -0.15) is 9.65 Å². The van der Waals surface area contributed by atoms with Crippen LogP contribution in [-0.4, -0.2) is 4.98 Å². The average Bonchev–Trinajstić information content (AvgIpc) is 2.16. The van der Waals surface area contributed by atoms with Crippen molar-refractivity contribution in [1.29, 1.82) is 5.26 Å². The van der Waals surface area contributed by atoms with Gasteiger partial charge in [0.25, 0.3) is 6.43 Å². The molecule has 0 atom stereocenters. The Bertz CT molecular complexity index is 387. The third kappa shape index (κ3) is 1.96. The summed E-state index contributed by atoms with van der Waals surface area (Å²) in [5.74, 6) is -1.51. The van der Waals surface area contributed by atoms with Crippen LogP contribution in [0, 0.1) is 17.3 Å². The summed E-state index contributed by atoms with van der Waals surface area (Å²) in [6.07, 6.45) is -2.87. The van der Waals surface area contributed by atoms with E-state index in [-0.39, 0.29) is 11.3 Å². The second kappa shape index (κ2) is 4.29. The van der Waals surface area contributed by atoms with Crippen molar-refractivity contribution in [3.05, 3.63) is 28.8 Å². The maximum atomic E-state index is 13.0. The van der Waals surface area contributed by atoms with Gasteiger partial charge in [-0.1, -0.05) is 0 Å². The van der Waals surface area contributed by atoms with Crippen molar-refractivity contribution in [1.82, 2.24) is 4.98 Å². The molecule has 0 aliphatic rings. The van der Waals surface area contributed by atoms with Crippen LogP contribution in [0.5, 0.6) is 0 Å². The van der Waals surface area contributed by atoms with Gasteiger partial charge in [0.05, 0.1) is 5.88 Å². The van der Waals surface area contributed by atoms with Crippen LogP contribution >= 0.6 is 11.6 Å². The summed E-state index contributed by atoms with van der Waals surface area (Å²) in [5.41, 5.74) is -1.32. The lowest BCUT2D eigenvalue weighted by molar-refractivity contribution is 0.149. The van der Waals surface area contributed by atoms with Gasteiger partial charge in [-0.3, -0.25) is 0 Å². The van der Waals surface area contributed by atoms with E-state index in [0.717, 1.165) is 6.07 Å². The SMILES string of the molecule is N#Cc1cc(C(F)F)c(CCl)c(F)n1. The number of hydrogen-bond donors (Lipinski definition) is 0. The lowest BCUT2D eigenvalue weighted by atomic mass is 10.1. The van der Waals surface area contributed by atoms with Gasteiger partial charge >= 0.3 is 0 Å². The Morgan fingerprint density at radius 3 is 2.64 bits per heavy atom. The van der Waals surface area contributed by atoms with E-state index in [2.05, 4.69) is 4.98 Å². The van der Waals surface area contributed by atoms with E-state index >= 15 is 0 Å². The number of alkyl halides is 3. The molecule has 0 aliphatic heterocycles. The van der Waals surface area contributed by atoms with E-state index in [1.807, 2.05) is 0 Å². The van der Waals surface area contributed by atoms with Crippen LogP contribution in [0.25, 0.3) is 0 Å². The van der Waals surface area contributed by atoms with E-state index in [4.69, 9.17) is 16.9 Å². The molecular weight excluding hydrogens is 217 g/mol. The van der Waals surface area contributed by atoms with Crippen LogP contribution in [0.3, 0.4) is 0 Å². The zero-order valence-corrected chi connectivity index (χ0v) is 7.52. The molecule has 0 radical (unpaired) electrons. The van der Waals surface area contributed by atoms with Crippen molar-refractivity contribution < 1.29 is 13.2 Å². The van der Waals surface area contributed by atoms with Crippen molar-refractivity contribution >= 4 is 11.6 Å². The molecule has 0 saturated heterocycles. The third-order valence-corrected chi connectivity index (χ3v) is 1.86. The molecule has 2 nitrogen and oxygen atoms in total. The molecule has 14 heavy (non-hydrogen) atoms. The van der Waals surface area contributed by atoms with Crippen molar-refractivity contribution in [3.63, 3.8) is 0 Å². The van der Waals surface area contributed by atoms with Crippen molar-refractivity contribution in [2.75, 3.05) is 0 Å². The number of halogens is 4. The minimum atomic E-state index is -2.87. The topological polar surface area (TPSA) is 36.7 Å². The standard InChI is InChI=1S/C8H4ClF3N2/c9-2-6-5(7(10)11)1-4(3-13)14-8(6)12/h1,7H,2H2. The Labute approximate surface area is 82.9 Å². The molecule has 0 aromatic carbocycles. The molecule has 1 heterocycles. The van der Waals surface area contributed by atoms with Gasteiger partial charge in [0, 0.05) is 11.1 Å². The van der Waals surface area contributed by atoms with Gasteiger partial charge in [0.1, 0.15) is 11.8 Å². The Balaban J connectivity index is 3.37. The lowest BCUT2D eigenvalue weighted by Crippen LogP contribution is -2.01. The predicted octanol–water partition coefficient (Wildman–Crippen LogP) is 2.77. The molecule has 0 bridgehead atoms. The second-order valence-electron chi connectivity index (χ2n) is 2.41. The quantitative estimate of drug-likeness (QED) is 0.568. The highest BCUT2D eigenvalue weighted by molar-refractivity contribution is 6.17. The largest absolute Gasteiger partial charge is 0.264 e. The van der Waals surface area contributed by atoms with E-state index < -0.39 is 23.8 Å². The fourth-order valence-corrected chi connectivity index (χ4v) is 1.21.